The number of rotatable bonds is 4. The second-order valence-corrected chi connectivity index (χ2v) is 3.88. The average molecular weight is 274 g/mol. The molecular formula is C10H9Cl2N3O2. The summed E-state index contributed by atoms with van der Waals surface area (Å²) in [5, 5.41) is 4.17. The standard InChI is InChI=1S/C10H9Cl2N3O2/c11-6-1-2-7(8(12)5-6)9(16)3-4-14-15-10(13)17/h1-2,4-5H,3H2,(H3,13,15,17)/b14-4-. The highest BCUT2D eigenvalue weighted by atomic mass is 35.5. The third-order valence-electron chi connectivity index (χ3n) is 1.77. The molecule has 0 aliphatic heterocycles. The van der Waals surface area contributed by atoms with E-state index in [2.05, 4.69) is 5.10 Å². The number of amides is 2. The van der Waals surface area contributed by atoms with E-state index in [1.165, 1.54) is 18.3 Å². The number of halogens is 2. The minimum absolute atomic E-state index is 0.00162. The second kappa shape index (κ2) is 6.22. The Morgan fingerprint density at radius 3 is 2.71 bits per heavy atom. The van der Waals surface area contributed by atoms with Gasteiger partial charge in [0.05, 0.1) is 5.02 Å². The normalized spacial score (nSPS) is 10.5. The highest BCUT2D eigenvalue weighted by Crippen LogP contribution is 2.21. The molecule has 17 heavy (non-hydrogen) atoms. The third kappa shape index (κ3) is 4.42. The van der Waals surface area contributed by atoms with Crippen LogP contribution in [0.1, 0.15) is 16.8 Å². The Hall–Kier alpha value is -1.59. The molecule has 3 N–H and O–H groups in total. The monoisotopic (exact) mass is 273 g/mol. The van der Waals surface area contributed by atoms with Gasteiger partial charge in [-0.15, -0.1) is 0 Å². The topological polar surface area (TPSA) is 84.6 Å². The molecule has 2 amide bonds. The van der Waals surface area contributed by atoms with Crippen LogP contribution in [0, 0.1) is 0 Å². The molecule has 0 fully saturated rings. The molecule has 0 spiro atoms. The fourth-order valence-corrected chi connectivity index (χ4v) is 1.58. The summed E-state index contributed by atoms with van der Waals surface area (Å²) in [7, 11) is 0. The van der Waals surface area contributed by atoms with E-state index in [-0.39, 0.29) is 17.2 Å². The van der Waals surface area contributed by atoms with Crippen molar-refractivity contribution < 1.29 is 9.59 Å². The van der Waals surface area contributed by atoms with Crippen LogP contribution in [0.4, 0.5) is 4.79 Å². The molecule has 0 aliphatic carbocycles. The van der Waals surface area contributed by atoms with E-state index in [1.54, 1.807) is 6.07 Å². The maximum absolute atomic E-state index is 11.7. The van der Waals surface area contributed by atoms with Crippen molar-refractivity contribution in [3.05, 3.63) is 33.8 Å². The number of hydrogen-bond donors (Lipinski definition) is 2. The molecule has 90 valence electrons. The number of nitrogens with one attached hydrogen (secondary N) is 1. The minimum Gasteiger partial charge on any atom is -0.350 e. The number of carbonyl (C=O) groups is 2. The van der Waals surface area contributed by atoms with Crippen molar-refractivity contribution in [1.29, 1.82) is 0 Å². The molecule has 0 saturated carbocycles. The number of primary amides is 1. The van der Waals surface area contributed by atoms with Crippen molar-refractivity contribution in [3.8, 4) is 0 Å². The fourth-order valence-electron chi connectivity index (χ4n) is 1.06. The van der Waals surface area contributed by atoms with E-state index in [0.29, 0.717) is 10.6 Å². The average Bonchev–Trinajstić information content (AvgIpc) is 2.23. The van der Waals surface area contributed by atoms with Crippen molar-refractivity contribution in [2.24, 2.45) is 10.8 Å². The summed E-state index contributed by atoms with van der Waals surface area (Å²) >= 11 is 11.5. The number of nitrogens with two attached hydrogens (primary N) is 1. The van der Waals surface area contributed by atoms with Gasteiger partial charge < -0.3 is 5.73 Å². The zero-order valence-electron chi connectivity index (χ0n) is 8.61. The molecule has 0 saturated heterocycles. The van der Waals surface area contributed by atoms with Crippen LogP contribution >= 0.6 is 23.2 Å². The van der Waals surface area contributed by atoms with Gasteiger partial charge in [0.1, 0.15) is 0 Å². The Labute approximate surface area is 108 Å². The van der Waals surface area contributed by atoms with E-state index in [4.69, 9.17) is 28.9 Å². The third-order valence-corrected chi connectivity index (χ3v) is 2.32. The first-order valence-electron chi connectivity index (χ1n) is 4.56. The largest absolute Gasteiger partial charge is 0.350 e. The summed E-state index contributed by atoms with van der Waals surface area (Å²) in [6.45, 7) is 0. The van der Waals surface area contributed by atoms with Crippen molar-refractivity contribution >= 4 is 41.2 Å². The van der Waals surface area contributed by atoms with Crippen LogP contribution in [0.3, 0.4) is 0 Å². The molecule has 0 aromatic heterocycles. The Balaban J connectivity index is 2.64. The molecular weight excluding hydrogens is 265 g/mol. The molecule has 0 aliphatic rings. The highest BCUT2D eigenvalue weighted by molar-refractivity contribution is 6.37. The molecule has 7 heteroatoms. The summed E-state index contributed by atoms with van der Waals surface area (Å²) in [6.07, 6.45) is 1.24. The summed E-state index contributed by atoms with van der Waals surface area (Å²) < 4.78 is 0. The van der Waals surface area contributed by atoms with Crippen LogP contribution in [0.25, 0.3) is 0 Å². The number of nitrogens with zero attached hydrogens (tertiary/aromatic N) is 1. The first-order chi connectivity index (χ1) is 8.00. The number of hydrogen-bond acceptors (Lipinski definition) is 3. The fraction of sp³-hybridized carbons (Fsp3) is 0.100. The zero-order valence-corrected chi connectivity index (χ0v) is 10.1. The predicted octanol–water partition coefficient (Wildman–Crippen LogP) is 2.22. The molecule has 0 unspecified atom stereocenters. The van der Waals surface area contributed by atoms with Gasteiger partial charge in [-0.3, -0.25) is 4.79 Å². The number of ketones is 1. The van der Waals surface area contributed by atoms with E-state index in [9.17, 15) is 9.59 Å². The van der Waals surface area contributed by atoms with Crippen molar-refractivity contribution in [3.63, 3.8) is 0 Å². The lowest BCUT2D eigenvalue weighted by Gasteiger charge is -2.01. The molecule has 1 aromatic carbocycles. The maximum atomic E-state index is 11.7. The number of carbonyl (C=O) groups excluding carboxylic acids is 2. The lowest BCUT2D eigenvalue weighted by atomic mass is 10.1. The predicted molar refractivity (Wildman–Crippen MR) is 66.6 cm³/mol. The summed E-state index contributed by atoms with van der Waals surface area (Å²) in [6, 6.07) is 3.79. The summed E-state index contributed by atoms with van der Waals surface area (Å²) in [4.78, 5) is 21.9. The van der Waals surface area contributed by atoms with Crippen molar-refractivity contribution in [1.82, 2.24) is 5.43 Å². The molecule has 5 nitrogen and oxygen atoms in total. The Morgan fingerprint density at radius 2 is 2.12 bits per heavy atom. The second-order valence-electron chi connectivity index (χ2n) is 3.04. The quantitative estimate of drug-likeness (QED) is 0.501. The first kappa shape index (κ1) is 13.5. The highest BCUT2D eigenvalue weighted by Gasteiger charge is 2.09. The van der Waals surface area contributed by atoms with Crippen LogP contribution in [-0.4, -0.2) is 18.0 Å². The molecule has 0 bridgehead atoms. The van der Waals surface area contributed by atoms with E-state index in [0.717, 1.165) is 0 Å². The van der Waals surface area contributed by atoms with Gasteiger partial charge in [0, 0.05) is 23.2 Å². The number of urea groups is 1. The summed E-state index contributed by atoms with van der Waals surface area (Å²) in [5.74, 6) is -0.235. The smallest absolute Gasteiger partial charge is 0.332 e. The SMILES string of the molecule is NC(=O)N/N=C\CC(=O)c1ccc(Cl)cc1Cl. The molecule has 1 rings (SSSR count). The van der Waals surface area contributed by atoms with Crippen LogP contribution in [0.15, 0.2) is 23.3 Å². The van der Waals surface area contributed by atoms with Gasteiger partial charge in [0.15, 0.2) is 5.78 Å². The molecule has 0 radical (unpaired) electrons. The van der Waals surface area contributed by atoms with E-state index in [1.807, 2.05) is 5.43 Å². The lowest BCUT2D eigenvalue weighted by Crippen LogP contribution is -2.24. The molecule has 0 heterocycles. The molecule has 1 aromatic rings. The van der Waals surface area contributed by atoms with Gasteiger partial charge in [-0.1, -0.05) is 23.2 Å². The maximum Gasteiger partial charge on any atom is 0.332 e. The Morgan fingerprint density at radius 1 is 1.41 bits per heavy atom. The summed E-state index contributed by atoms with van der Waals surface area (Å²) in [5.41, 5.74) is 7.10. The van der Waals surface area contributed by atoms with Crippen molar-refractivity contribution in [2.75, 3.05) is 0 Å². The number of benzene rings is 1. The van der Waals surface area contributed by atoms with E-state index < -0.39 is 6.03 Å². The minimum atomic E-state index is -0.793. The number of hydrazone groups is 1. The van der Waals surface area contributed by atoms with E-state index >= 15 is 0 Å². The van der Waals surface area contributed by atoms with Crippen LogP contribution in [0.5, 0.6) is 0 Å². The van der Waals surface area contributed by atoms with Gasteiger partial charge in [-0.25, -0.2) is 10.2 Å². The van der Waals surface area contributed by atoms with Gasteiger partial charge in [0.25, 0.3) is 0 Å². The Kier molecular flexibility index (Phi) is 4.93. The Bertz CT molecular complexity index is 475. The van der Waals surface area contributed by atoms with Crippen LogP contribution in [0.2, 0.25) is 10.0 Å². The van der Waals surface area contributed by atoms with Crippen LogP contribution < -0.4 is 11.2 Å². The van der Waals surface area contributed by atoms with Gasteiger partial charge in [-0.2, -0.15) is 5.10 Å². The van der Waals surface area contributed by atoms with Gasteiger partial charge in [-0.05, 0) is 18.2 Å². The lowest BCUT2D eigenvalue weighted by molar-refractivity contribution is 0.100. The van der Waals surface area contributed by atoms with Gasteiger partial charge in [0.2, 0.25) is 0 Å². The molecule has 0 atom stereocenters. The zero-order chi connectivity index (χ0) is 12.8. The van der Waals surface area contributed by atoms with Crippen LogP contribution in [-0.2, 0) is 0 Å². The first-order valence-corrected chi connectivity index (χ1v) is 5.31. The van der Waals surface area contributed by atoms with Crippen molar-refractivity contribution in [2.45, 2.75) is 6.42 Å². The van der Waals surface area contributed by atoms with Gasteiger partial charge >= 0.3 is 6.03 Å². The number of Topliss-reactive ketones (excluding diaryl/α,β-unsaturated/α-hetero) is 1.